The number of rotatable bonds is 7. The number of carbonyl (C=O) groups excluding carboxylic acids is 5. The van der Waals surface area contributed by atoms with Crippen molar-refractivity contribution in [3.8, 4) is 0 Å². The lowest BCUT2D eigenvalue weighted by atomic mass is 9.96. The Hall–Kier alpha value is -3.64. The third kappa shape index (κ3) is 4.40. The highest BCUT2D eigenvalue weighted by Gasteiger charge is 2.64. The van der Waals surface area contributed by atoms with Crippen molar-refractivity contribution in [1.29, 1.82) is 0 Å². The van der Waals surface area contributed by atoms with Crippen molar-refractivity contribution in [1.82, 2.24) is 9.80 Å². The molecule has 4 rings (SSSR count). The minimum atomic E-state index is -1.49. The van der Waals surface area contributed by atoms with E-state index in [0.717, 1.165) is 9.80 Å². The van der Waals surface area contributed by atoms with Crippen LogP contribution in [0.25, 0.3) is 0 Å². The number of quaternary nitrogens is 1. The molecule has 1 aromatic rings. The number of imide groups is 2. The quantitative estimate of drug-likeness (QED) is 0.394. The van der Waals surface area contributed by atoms with Gasteiger partial charge in [-0.1, -0.05) is 12.1 Å². The summed E-state index contributed by atoms with van der Waals surface area (Å²) in [5, 5.41) is 18.8. The van der Waals surface area contributed by atoms with Crippen molar-refractivity contribution in [3.05, 3.63) is 35.4 Å². The molecule has 198 valence electrons. The monoisotopic (exact) mass is 516 g/mol. The van der Waals surface area contributed by atoms with Gasteiger partial charge in [0.15, 0.2) is 11.6 Å². The molecule has 2 atom stereocenters. The van der Waals surface area contributed by atoms with Crippen molar-refractivity contribution in [2.75, 3.05) is 26.2 Å². The van der Waals surface area contributed by atoms with Gasteiger partial charge in [-0.25, -0.2) is 19.2 Å². The molecule has 2 fully saturated rings. The minimum Gasteiger partial charge on any atom is -0.480 e. The van der Waals surface area contributed by atoms with Gasteiger partial charge in [0, 0.05) is 19.4 Å². The number of β-amino-alcohol motifs (C(OH)–C–C–N with tert-alkyl or cyclic N) is 1. The highest BCUT2D eigenvalue weighted by molar-refractivity contribution is 6.15. The minimum absolute atomic E-state index is 0.0810. The van der Waals surface area contributed by atoms with Gasteiger partial charge in [-0.05, 0) is 38.8 Å². The van der Waals surface area contributed by atoms with Crippen LogP contribution in [0.3, 0.4) is 0 Å². The molecule has 0 radical (unpaired) electrons. The second kappa shape index (κ2) is 9.67. The van der Waals surface area contributed by atoms with Crippen LogP contribution in [0.4, 0.5) is 4.79 Å². The lowest BCUT2D eigenvalue weighted by Gasteiger charge is -2.43. The number of benzene rings is 1. The van der Waals surface area contributed by atoms with Crippen LogP contribution >= 0.6 is 0 Å². The molecule has 12 heteroatoms. The Morgan fingerprint density at radius 1 is 1.08 bits per heavy atom. The first-order valence-electron chi connectivity index (χ1n) is 12.2. The van der Waals surface area contributed by atoms with E-state index in [0.29, 0.717) is 6.42 Å². The Bertz CT molecular complexity index is 1140. The van der Waals surface area contributed by atoms with E-state index >= 15 is 0 Å². The summed E-state index contributed by atoms with van der Waals surface area (Å²) in [6, 6.07) is 3.86. The van der Waals surface area contributed by atoms with Crippen molar-refractivity contribution >= 4 is 35.7 Å². The van der Waals surface area contributed by atoms with Gasteiger partial charge >= 0.3 is 23.9 Å². The average molecular weight is 517 g/mol. The molecule has 5 amide bonds. The molecule has 2 N–H and O–H groups in total. The van der Waals surface area contributed by atoms with E-state index < -0.39 is 71.0 Å². The molecule has 3 aliphatic rings. The maximum absolute atomic E-state index is 13.9. The zero-order valence-electron chi connectivity index (χ0n) is 20.7. The fourth-order valence-corrected chi connectivity index (χ4v) is 5.65. The largest absolute Gasteiger partial charge is 0.480 e. The molecular weight excluding hydrogens is 486 g/mol. The summed E-state index contributed by atoms with van der Waals surface area (Å²) in [5.41, 5.74) is -1.24. The van der Waals surface area contributed by atoms with Crippen LogP contribution < -0.4 is 0 Å². The molecule has 0 bridgehead atoms. The summed E-state index contributed by atoms with van der Waals surface area (Å²) < 4.78 is 4.67. The third-order valence-electron chi connectivity index (χ3n) is 7.22. The number of aliphatic carboxylic acids is 1. The van der Waals surface area contributed by atoms with E-state index in [9.17, 15) is 39.0 Å². The van der Waals surface area contributed by atoms with Crippen LogP contribution in [0.5, 0.6) is 0 Å². The normalized spacial score (nSPS) is 23.4. The van der Waals surface area contributed by atoms with E-state index in [2.05, 4.69) is 0 Å². The van der Waals surface area contributed by atoms with Gasteiger partial charge in [0.05, 0.1) is 24.3 Å². The first-order valence-corrected chi connectivity index (χ1v) is 12.2. The number of piperidine rings is 1. The molecule has 12 nitrogen and oxygen atoms in total. The fraction of sp³-hybridized carbons (Fsp3) is 0.520. The number of hydrogen-bond donors (Lipinski definition) is 2. The Balaban J connectivity index is 1.71. The second-order valence-electron chi connectivity index (χ2n) is 10.2. The van der Waals surface area contributed by atoms with E-state index in [1.165, 1.54) is 26.0 Å². The highest BCUT2D eigenvalue weighted by atomic mass is 16.6. The van der Waals surface area contributed by atoms with Gasteiger partial charge in [0.2, 0.25) is 5.91 Å². The van der Waals surface area contributed by atoms with Gasteiger partial charge in [-0.15, -0.1) is 0 Å². The highest BCUT2D eigenvalue weighted by Crippen LogP contribution is 2.39. The maximum atomic E-state index is 13.9. The molecule has 0 saturated carbocycles. The molecule has 0 spiro atoms. The SMILES string of the molecule is CC(C)(C[N+]1([C@H]2CCC(=O)N(CCO)C2=O)C(=O)c2ccccc2C1=O)OC(=O)N1CCCC1C(=O)O. The van der Waals surface area contributed by atoms with Crippen molar-refractivity contribution in [3.63, 3.8) is 0 Å². The Labute approximate surface area is 213 Å². The molecular formula is C25H30N3O9+. The fourth-order valence-electron chi connectivity index (χ4n) is 5.65. The molecule has 2 saturated heterocycles. The number of hydrogen-bond acceptors (Lipinski definition) is 8. The molecule has 37 heavy (non-hydrogen) atoms. The lowest BCUT2D eigenvalue weighted by Crippen LogP contribution is -2.70. The van der Waals surface area contributed by atoms with Gasteiger partial charge < -0.3 is 14.9 Å². The first-order chi connectivity index (χ1) is 17.4. The topological polar surface area (TPSA) is 159 Å². The van der Waals surface area contributed by atoms with E-state index in [1.807, 2.05) is 0 Å². The maximum Gasteiger partial charge on any atom is 0.411 e. The van der Waals surface area contributed by atoms with Gasteiger partial charge in [0.25, 0.3) is 5.91 Å². The van der Waals surface area contributed by atoms with Gasteiger partial charge in [-0.3, -0.25) is 19.4 Å². The number of likely N-dealkylation sites (tertiary alicyclic amines) is 2. The smallest absolute Gasteiger partial charge is 0.411 e. The summed E-state index contributed by atoms with van der Waals surface area (Å²) in [4.78, 5) is 80.2. The van der Waals surface area contributed by atoms with Crippen LogP contribution in [-0.2, 0) is 19.1 Å². The predicted octanol–water partition coefficient (Wildman–Crippen LogP) is 0.772. The molecule has 3 aliphatic heterocycles. The summed E-state index contributed by atoms with van der Waals surface area (Å²) in [6.45, 7) is 2.01. The van der Waals surface area contributed by atoms with E-state index in [1.54, 1.807) is 12.1 Å². The van der Waals surface area contributed by atoms with Crippen LogP contribution in [0.1, 0.15) is 60.2 Å². The van der Waals surface area contributed by atoms with Crippen molar-refractivity contribution in [2.24, 2.45) is 0 Å². The summed E-state index contributed by atoms with van der Waals surface area (Å²) in [5.74, 6) is -3.72. The molecule has 0 aliphatic carbocycles. The Morgan fingerprint density at radius 2 is 1.70 bits per heavy atom. The van der Waals surface area contributed by atoms with Crippen molar-refractivity contribution < 1.29 is 48.2 Å². The number of aliphatic hydroxyl groups is 1. The third-order valence-corrected chi connectivity index (χ3v) is 7.22. The van der Waals surface area contributed by atoms with Crippen LogP contribution in [0, 0.1) is 0 Å². The zero-order chi connectivity index (χ0) is 27.1. The van der Waals surface area contributed by atoms with Crippen LogP contribution in [-0.4, -0.2) is 104 Å². The van der Waals surface area contributed by atoms with Crippen LogP contribution in [0.2, 0.25) is 0 Å². The Kier molecular flexibility index (Phi) is 6.91. The predicted molar refractivity (Wildman–Crippen MR) is 125 cm³/mol. The molecule has 3 heterocycles. The zero-order valence-corrected chi connectivity index (χ0v) is 20.7. The molecule has 1 aromatic carbocycles. The van der Waals surface area contributed by atoms with E-state index in [-0.39, 0.29) is 43.5 Å². The van der Waals surface area contributed by atoms with Gasteiger partial charge in [0.1, 0.15) is 12.6 Å². The number of ether oxygens (including phenoxy) is 1. The first kappa shape index (κ1) is 26.4. The van der Waals surface area contributed by atoms with Gasteiger partial charge in [-0.2, -0.15) is 4.48 Å². The Morgan fingerprint density at radius 3 is 2.27 bits per heavy atom. The number of fused-ring (bicyclic) bond motifs is 1. The molecule has 1 unspecified atom stereocenters. The van der Waals surface area contributed by atoms with E-state index in [4.69, 9.17) is 4.74 Å². The number of carbonyl (C=O) groups is 6. The summed E-state index contributed by atoms with van der Waals surface area (Å²) in [7, 11) is 0. The second-order valence-corrected chi connectivity index (χ2v) is 10.2. The average Bonchev–Trinajstić information content (AvgIpc) is 3.41. The summed E-state index contributed by atoms with van der Waals surface area (Å²) >= 11 is 0. The standard InChI is InChI=1S/C25H29N3O9/c1-25(2,37-24(36)26-11-5-8-17(26)23(34)35)14-28(18-9-10-19(30)27(12-13-29)20(18)31)21(32)15-6-3-4-7-16(15)22(28)33/h3-4,6-7,17-18,29H,5,8-14H2,1-2H3/p+1/t17?,18-/m0/s1. The number of carboxylic acids is 1. The van der Waals surface area contributed by atoms with Crippen LogP contribution in [0.15, 0.2) is 24.3 Å². The molecule has 0 aromatic heterocycles. The summed E-state index contributed by atoms with van der Waals surface area (Å²) in [6.07, 6.45) is -0.312. The number of carboxylic acid groups (broad SMARTS) is 1. The number of amides is 5. The number of aliphatic hydroxyl groups excluding tert-OH is 1. The van der Waals surface area contributed by atoms with Crippen molar-refractivity contribution in [2.45, 2.75) is 57.2 Å². The lowest BCUT2D eigenvalue weighted by molar-refractivity contribution is -0.789. The number of nitrogens with zero attached hydrogens (tertiary/aromatic N) is 3.